The zero-order valence-electron chi connectivity index (χ0n) is 4.26. The molecule has 0 rings (SSSR count). The highest BCUT2D eigenvalue weighted by Crippen LogP contribution is 2.00. The molecule has 0 aliphatic rings. The Labute approximate surface area is 48.3 Å². The first kappa shape index (κ1) is 7.53. The SMILES string of the molecule is O=PCCCCP. The van der Waals surface area contributed by atoms with Crippen molar-refractivity contribution in [1.29, 1.82) is 0 Å². The lowest BCUT2D eigenvalue weighted by Gasteiger charge is -1.84. The predicted molar refractivity (Wildman–Crippen MR) is 36.3 cm³/mol. The first-order valence-corrected chi connectivity index (χ1v) is 4.22. The van der Waals surface area contributed by atoms with E-state index < -0.39 is 0 Å². The van der Waals surface area contributed by atoms with Crippen LogP contribution in [0.2, 0.25) is 0 Å². The van der Waals surface area contributed by atoms with Crippen molar-refractivity contribution in [2.45, 2.75) is 12.8 Å². The molecule has 1 atom stereocenters. The standard InChI is InChI=1S/C4H10OP2/c5-7-4-2-1-3-6/h1-4,6H2. The lowest BCUT2D eigenvalue weighted by atomic mass is 10.4. The third-order valence-electron chi connectivity index (χ3n) is 0.704. The molecule has 0 aromatic carbocycles. The van der Waals surface area contributed by atoms with Crippen LogP contribution in [-0.4, -0.2) is 12.3 Å². The van der Waals surface area contributed by atoms with Gasteiger partial charge in [-0.3, -0.25) is 4.57 Å². The number of hydrogen-bond donors (Lipinski definition) is 0. The first-order valence-electron chi connectivity index (χ1n) is 2.41. The topological polar surface area (TPSA) is 17.1 Å². The fraction of sp³-hybridized carbons (Fsp3) is 1.00. The van der Waals surface area contributed by atoms with Gasteiger partial charge in [-0.05, 0) is 19.0 Å². The molecule has 0 aromatic rings. The molecule has 0 heterocycles. The van der Waals surface area contributed by atoms with E-state index in [0.717, 1.165) is 18.7 Å². The van der Waals surface area contributed by atoms with Crippen LogP contribution >= 0.6 is 17.7 Å². The van der Waals surface area contributed by atoms with Crippen LogP contribution < -0.4 is 0 Å². The van der Waals surface area contributed by atoms with Crippen LogP contribution in [0.15, 0.2) is 0 Å². The maximum atomic E-state index is 9.77. The molecule has 0 saturated carbocycles. The van der Waals surface area contributed by atoms with E-state index >= 15 is 0 Å². The van der Waals surface area contributed by atoms with Crippen molar-refractivity contribution in [1.82, 2.24) is 0 Å². The minimum atomic E-state index is 0.295. The van der Waals surface area contributed by atoms with Gasteiger partial charge in [0.2, 0.25) is 0 Å². The van der Waals surface area contributed by atoms with E-state index in [-0.39, 0.29) is 0 Å². The van der Waals surface area contributed by atoms with Crippen LogP contribution in [0.25, 0.3) is 0 Å². The molecular formula is C4H10OP2. The molecule has 0 N–H and O–H groups in total. The summed E-state index contributed by atoms with van der Waals surface area (Å²) in [6, 6.07) is 0. The average Bonchev–Trinajstić information content (AvgIpc) is 1.69. The molecule has 42 valence electrons. The zero-order valence-corrected chi connectivity index (χ0v) is 6.31. The monoisotopic (exact) mass is 136 g/mol. The molecule has 3 heteroatoms. The molecule has 1 unspecified atom stereocenters. The summed E-state index contributed by atoms with van der Waals surface area (Å²) in [6.45, 7) is 0. The summed E-state index contributed by atoms with van der Waals surface area (Å²) in [4.78, 5) is 0. The molecule has 0 radical (unpaired) electrons. The second-order valence-corrected chi connectivity index (χ2v) is 2.63. The minimum absolute atomic E-state index is 0.295. The molecule has 0 spiro atoms. The van der Waals surface area contributed by atoms with Crippen LogP contribution in [0, 0.1) is 0 Å². The molecular weight excluding hydrogens is 126 g/mol. The van der Waals surface area contributed by atoms with Crippen LogP contribution in [0.5, 0.6) is 0 Å². The highest BCUT2D eigenvalue weighted by molar-refractivity contribution is 7.23. The Kier molecular flexibility index (Phi) is 7.02. The van der Waals surface area contributed by atoms with Gasteiger partial charge < -0.3 is 0 Å². The van der Waals surface area contributed by atoms with E-state index in [2.05, 4.69) is 9.24 Å². The maximum Gasteiger partial charge on any atom is 0.155 e. The van der Waals surface area contributed by atoms with E-state index in [0.29, 0.717) is 8.46 Å². The van der Waals surface area contributed by atoms with Gasteiger partial charge in [0.25, 0.3) is 0 Å². The summed E-state index contributed by atoms with van der Waals surface area (Å²) in [5.41, 5.74) is 0. The second-order valence-electron chi connectivity index (χ2n) is 1.35. The Morgan fingerprint density at radius 3 is 2.57 bits per heavy atom. The number of hydrogen-bond acceptors (Lipinski definition) is 1. The third kappa shape index (κ3) is 6.53. The van der Waals surface area contributed by atoms with E-state index in [1.807, 2.05) is 0 Å². The largest absolute Gasteiger partial charge is 0.275 e. The Balaban J connectivity index is 2.56. The molecule has 0 bridgehead atoms. The molecule has 0 aliphatic heterocycles. The zero-order chi connectivity index (χ0) is 5.54. The Bertz CT molecular complexity index is 47.0. The number of rotatable bonds is 4. The van der Waals surface area contributed by atoms with Crippen LogP contribution in [0.3, 0.4) is 0 Å². The van der Waals surface area contributed by atoms with Gasteiger partial charge in [0.05, 0.1) is 0 Å². The number of unbranched alkanes of at least 4 members (excludes halogenated alkanes) is 1. The summed E-state index contributed by atoms with van der Waals surface area (Å²) in [5, 5.41) is 0. The molecule has 0 aliphatic carbocycles. The van der Waals surface area contributed by atoms with Gasteiger partial charge in [-0.15, -0.1) is 9.24 Å². The Hall–Kier alpha value is 0.530. The summed E-state index contributed by atoms with van der Waals surface area (Å²) in [6.07, 6.45) is 4.23. The van der Waals surface area contributed by atoms with Crippen molar-refractivity contribution < 1.29 is 4.57 Å². The summed E-state index contributed by atoms with van der Waals surface area (Å²) >= 11 is 0. The van der Waals surface area contributed by atoms with Gasteiger partial charge in [-0.2, -0.15) is 0 Å². The molecule has 0 aromatic heterocycles. The molecule has 7 heavy (non-hydrogen) atoms. The summed E-state index contributed by atoms with van der Waals surface area (Å²) in [5.74, 6) is 0. The van der Waals surface area contributed by atoms with Crippen molar-refractivity contribution >= 4 is 17.7 Å². The molecule has 0 amide bonds. The highest BCUT2D eigenvalue weighted by Gasteiger charge is 1.81. The quantitative estimate of drug-likeness (QED) is 0.426. The van der Waals surface area contributed by atoms with E-state index in [4.69, 9.17) is 0 Å². The van der Waals surface area contributed by atoms with Crippen molar-refractivity contribution in [3.63, 3.8) is 0 Å². The Morgan fingerprint density at radius 1 is 1.43 bits per heavy atom. The van der Waals surface area contributed by atoms with Gasteiger partial charge in [-0.1, -0.05) is 0 Å². The lowest BCUT2D eigenvalue weighted by molar-refractivity contribution is 0.597. The molecule has 0 fully saturated rings. The van der Waals surface area contributed by atoms with Gasteiger partial charge in [0, 0.05) is 6.16 Å². The van der Waals surface area contributed by atoms with Crippen LogP contribution in [0.4, 0.5) is 0 Å². The second kappa shape index (κ2) is 6.53. The fourth-order valence-corrected chi connectivity index (χ4v) is 0.962. The van der Waals surface area contributed by atoms with Gasteiger partial charge in [0.15, 0.2) is 8.46 Å². The first-order chi connectivity index (χ1) is 3.41. The highest BCUT2D eigenvalue weighted by atomic mass is 31.1. The smallest absolute Gasteiger partial charge is 0.155 e. The van der Waals surface area contributed by atoms with Crippen molar-refractivity contribution in [3.05, 3.63) is 0 Å². The van der Waals surface area contributed by atoms with E-state index in [9.17, 15) is 4.57 Å². The predicted octanol–water partition coefficient (Wildman–Crippen LogP) is 1.93. The van der Waals surface area contributed by atoms with Gasteiger partial charge >= 0.3 is 0 Å². The van der Waals surface area contributed by atoms with Crippen molar-refractivity contribution in [2.75, 3.05) is 12.3 Å². The van der Waals surface area contributed by atoms with Crippen LogP contribution in [0.1, 0.15) is 12.8 Å². The van der Waals surface area contributed by atoms with Gasteiger partial charge in [0.1, 0.15) is 0 Å². The van der Waals surface area contributed by atoms with E-state index in [1.165, 1.54) is 6.42 Å². The minimum Gasteiger partial charge on any atom is -0.275 e. The van der Waals surface area contributed by atoms with Crippen molar-refractivity contribution in [3.8, 4) is 0 Å². The Morgan fingerprint density at radius 2 is 2.14 bits per heavy atom. The molecule has 1 nitrogen and oxygen atoms in total. The van der Waals surface area contributed by atoms with Crippen molar-refractivity contribution in [2.24, 2.45) is 0 Å². The summed E-state index contributed by atoms with van der Waals surface area (Å²) in [7, 11) is 2.94. The van der Waals surface area contributed by atoms with Crippen LogP contribution in [-0.2, 0) is 4.57 Å². The average molecular weight is 136 g/mol. The lowest BCUT2D eigenvalue weighted by Crippen LogP contribution is -1.74. The normalized spacial score (nSPS) is 9.86. The van der Waals surface area contributed by atoms with Gasteiger partial charge in [-0.25, -0.2) is 0 Å². The third-order valence-corrected chi connectivity index (χ3v) is 1.61. The summed E-state index contributed by atoms with van der Waals surface area (Å²) < 4.78 is 9.77. The van der Waals surface area contributed by atoms with E-state index in [1.54, 1.807) is 0 Å². The fourth-order valence-electron chi connectivity index (χ4n) is 0.321. The molecule has 0 saturated heterocycles. The maximum absolute atomic E-state index is 9.77.